The molecule has 0 saturated carbocycles. The average Bonchev–Trinajstić information content (AvgIpc) is 2.94. The van der Waals surface area contributed by atoms with E-state index < -0.39 is 0 Å². The van der Waals surface area contributed by atoms with Gasteiger partial charge in [-0.05, 0) is 34.1 Å². The highest BCUT2D eigenvalue weighted by Gasteiger charge is 2.07. The smallest absolute Gasteiger partial charge is 0.183 e. The highest BCUT2D eigenvalue weighted by Crippen LogP contribution is 2.24. The molecule has 2 aromatic heterocycles. The molecule has 22 heavy (non-hydrogen) atoms. The Morgan fingerprint density at radius 3 is 2.50 bits per heavy atom. The number of hydrogen-bond donors (Lipinski definition) is 1. The normalized spacial score (nSPS) is 10.1. The Hall–Kier alpha value is -2.52. The Bertz CT molecular complexity index is 871. The summed E-state index contributed by atoms with van der Waals surface area (Å²) in [5.74, 6) is 7.67. The van der Waals surface area contributed by atoms with E-state index in [4.69, 9.17) is 9.47 Å². The Balaban J connectivity index is 2.06. The fourth-order valence-electron chi connectivity index (χ4n) is 2.03. The van der Waals surface area contributed by atoms with E-state index in [2.05, 4.69) is 43.0 Å². The maximum absolute atomic E-state index is 5.25. The van der Waals surface area contributed by atoms with Crippen molar-refractivity contribution in [3.8, 4) is 23.3 Å². The van der Waals surface area contributed by atoms with Crippen molar-refractivity contribution in [3.05, 3.63) is 46.2 Å². The van der Waals surface area contributed by atoms with Gasteiger partial charge < -0.3 is 9.47 Å². The molecule has 0 aliphatic heterocycles. The third kappa shape index (κ3) is 2.76. The zero-order valence-electron chi connectivity index (χ0n) is 12.0. The molecular formula is C16H12BrN3O2. The van der Waals surface area contributed by atoms with Crippen LogP contribution in [0.2, 0.25) is 0 Å². The van der Waals surface area contributed by atoms with Gasteiger partial charge in [0.05, 0.1) is 19.6 Å². The fraction of sp³-hybridized carbons (Fsp3) is 0.125. The maximum Gasteiger partial charge on any atom is 0.183 e. The van der Waals surface area contributed by atoms with Crippen LogP contribution in [-0.4, -0.2) is 29.4 Å². The van der Waals surface area contributed by atoms with Crippen LogP contribution in [0, 0.1) is 11.8 Å². The largest absolute Gasteiger partial charge is 0.497 e. The van der Waals surface area contributed by atoms with Crippen molar-refractivity contribution in [3.63, 3.8) is 0 Å². The molecule has 0 atom stereocenters. The molecule has 2 heterocycles. The molecule has 0 unspecified atom stereocenters. The van der Waals surface area contributed by atoms with E-state index in [1.54, 1.807) is 20.4 Å². The number of methoxy groups -OCH3 is 2. The lowest BCUT2D eigenvalue weighted by Gasteiger charge is -2.04. The van der Waals surface area contributed by atoms with Gasteiger partial charge in [-0.1, -0.05) is 11.8 Å². The van der Waals surface area contributed by atoms with E-state index >= 15 is 0 Å². The van der Waals surface area contributed by atoms with Crippen LogP contribution in [0.25, 0.3) is 11.0 Å². The van der Waals surface area contributed by atoms with Crippen LogP contribution in [0.3, 0.4) is 0 Å². The summed E-state index contributed by atoms with van der Waals surface area (Å²) in [5.41, 5.74) is 2.27. The van der Waals surface area contributed by atoms with Crippen molar-refractivity contribution in [2.45, 2.75) is 0 Å². The van der Waals surface area contributed by atoms with Crippen molar-refractivity contribution < 1.29 is 9.47 Å². The van der Waals surface area contributed by atoms with E-state index in [1.165, 1.54) is 0 Å². The first-order valence-electron chi connectivity index (χ1n) is 6.45. The Morgan fingerprint density at radius 1 is 1.09 bits per heavy atom. The van der Waals surface area contributed by atoms with Crippen molar-refractivity contribution in [2.24, 2.45) is 0 Å². The summed E-state index contributed by atoms with van der Waals surface area (Å²) in [6.45, 7) is 0. The Kier molecular flexibility index (Phi) is 3.98. The van der Waals surface area contributed by atoms with Crippen LogP contribution >= 0.6 is 15.9 Å². The molecule has 0 spiro atoms. The van der Waals surface area contributed by atoms with Gasteiger partial charge >= 0.3 is 0 Å². The molecular weight excluding hydrogens is 346 g/mol. The summed E-state index contributed by atoms with van der Waals surface area (Å²) in [6, 6.07) is 7.38. The highest BCUT2D eigenvalue weighted by atomic mass is 79.9. The van der Waals surface area contributed by atoms with Crippen molar-refractivity contribution >= 4 is 27.0 Å². The third-order valence-corrected chi connectivity index (χ3v) is 3.68. The molecule has 0 amide bonds. The molecule has 3 rings (SSSR count). The topological polar surface area (TPSA) is 60.0 Å². The van der Waals surface area contributed by atoms with Gasteiger partial charge in [0.1, 0.15) is 16.1 Å². The van der Waals surface area contributed by atoms with Crippen LogP contribution in [0.1, 0.15) is 11.1 Å². The first kappa shape index (κ1) is 14.4. The van der Waals surface area contributed by atoms with Gasteiger partial charge in [0.2, 0.25) is 0 Å². The third-order valence-electron chi connectivity index (χ3n) is 3.10. The minimum Gasteiger partial charge on any atom is -0.497 e. The molecule has 110 valence electrons. The Morgan fingerprint density at radius 2 is 1.82 bits per heavy atom. The summed E-state index contributed by atoms with van der Waals surface area (Å²) in [5, 5.41) is 7.81. The number of aromatic nitrogens is 3. The predicted molar refractivity (Wildman–Crippen MR) is 87.1 cm³/mol. The summed E-state index contributed by atoms with van der Waals surface area (Å²) < 4.78 is 11.3. The molecule has 0 fully saturated rings. The number of pyridine rings is 1. The number of nitrogens with zero attached hydrogens (tertiary/aromatic N) is 2. The second-order valence-electron chi connectivity index (χ2n) is 4.45. The van der Waals surface area contributed by atoms with Crippen LogP contribution in [0.15, 0.2) is 35.1 Å². The molecule has 1 N–H and O–H groups in total. The Labute approximate surface area is 135 Å². The molecule has 3 aromatic rings. The lowest BCUT2D eigenvalue weighted by molar-refractivity contribution is 0.394. The minimum absolute atomic E-state index is 0.627. The van der Waals surface area contributed by atoms with E-state index in [1.807, 2.05) is 24.3 Å². The van der Waals surface area contributed by atoms with Crippen molar-refractivity contribution in [1.29, 1.82) is 0 Å². The number of ether oxygens (including phenoxy) is 2. The van der Waals surface area contributed by atoms with Gasteiger partial charge in [-0.25, -0.2) is 4.98 Å². The molecule has 0 radical (unpaired) electrons. The van der Waals surface area contributed by atoms with Crippen molar-refractivity contribution in [2.75, 3.05) is 14.2 Å². The fourth-order valence-corrected chi connectivity index (χ4v) is 2.51. The van der Waals surface area contributed by atoms with E-state index in [9.17, 15) is 0 Å². The van der Waals surface area contributed by atoms with Gasteiger partial charge in [-0.3, -0.25) is 5.10 Å². The second kappa shape index (κ2) is 6.08. The molecule has 1 aromatic carbocycles. The number of nitrogens with one attached hydrogen (secondary N) is 1. The summed E-state index contributed by atoms with van der Waals surface area (Å²) in [7, 11) is 3.22. The number of benzene rings is 1. The predicted octanol–water partition coefficient (Wildman–Crippen LogP) is 3.14. The number of H-pyrrole nitrogens is 1. The van der Waals surface area contributed by atoms with Crippen molar-refractivity contribution in [1.82, 2.24) is 15.2 Å². The van der Waals surface area contributed by atoms with E-state index in [0.717, 1.165) is 21.1 Å². The van der Waals surface area contributed by atoms with E-state index in [0.29, 0.717) is 17.1 Å². The quantitative estimate of drug-likeness (QED) is 0.715. The number of rotatable bonds is 2. The zero-order chi connectivity index (χ0) is 15.5. The SMILES string of the molecule is COc1cc(C#Cc2ccnc3n[nH]c(Br)c23)cc(OC)c1. The monoisotopic (exact) mass is 357 g/mol. The van der Waals surface area contributed by atoms with Gasteiger partial charge in [-0.2, -0.15) is 5.10 Å². The molecule has 0 saturated heterocycles. The highest BCUT2D eigenvalue weighted by molar-refractivity contribution is 9.10. The number of fused-ring (bicyclic) bond motifs is 1. The molecule has 6 heteroatoms. The second-order valence-corrected chi connectivity index (χ2v) is 5.24. The van der Waals surface area contributed by atoms with Gasteiger partial charge in [0, 0.05) is 23.4 Å². The van der Waals surface area contributed by atoms with Gasteiger partial charge in [0.15, 0.2) is 5.65 Å². The summed E-state index contributed by atoms with van der Waals surface area (Å²) >= 11 is 3.42. The summed E-state index contributed by atoms with van der Waals surface area (Å²) in [6.07, 6.45) is 1.69. The van der Waals surface area contributed by atoms with Crippen LogP contribution in [0.4, 0.5) is 0 Å². The maximum atomic E-state index is 5.25. The number of hydrogen-bond acceptors (Lipinski definition) is 4. The molecule has 0 aliphatic rings. The molecule has 0 bridgehead atoms. The first-order valence-corrected chi connectivity index (χ1v) is 7.24. The first-order chi connectivity index (χ1) is 10.7. The lowest BCUT2D eigenvalue weighted by atomic mass is 10.1. The summed E-state index contributed by atoms with van der Waals surface area (Å²) in [4.78, 5) is 4.19. The zero-order valence-corrected chi connectivity index (χ0v) is 13.6. The van der Waals surface area contributed by atoms with E-state index in [-0.39, 0.29) is 0 Å². The minimum atomic E-state index is 0.627. The average molecular weight is 358 g/mol. The van der Waals surface area contributed by atoms with Gasteiger partial charge in [0.25, 0.3) is 0 Å². The van der Waals surface area contributed by atoms with Gasteiger partial charge in [-0.15, -0.1) is 0 Å². The lowest BCUT2D eigenvalue weighted by Crippen LogP contribution is -1.88. The molecule has 0 aliphatic carbocycles. The number of aromatic amines is 1. The van der Waals surface area contributed by atoms with Crippen LogP contribution in [-0.2, 0) is 0 Å². The standard InChI is InChI=1S/C16H12BrN3O2/c1-21-12-7-10(8-13(9-12)22-2)3-4-11-5-6-18-16-14(11)15(17)19-20-16/h5-9H,1-2H3,(H,18,19,20). The van der Waals surface area contributed by atoms with Crippen LogP contribution < -0.4 is 9.47 Å². The number of halogens is 1. The van der Waals surface area contributed by atoms with Crippen LogP contribution in [0.5, 0.6) is 11.5 Å². The molecule has 5 nitrogen and oxygen atoms in total.